The van der Waals surface area contributed by atoms with E-state index >= 15 is 0 Å². The van der Waals surface area contributed by atoms with Crippen molar-refractivity contribution < 1.29 is 23.5 Å². The summed E-state index contributed by atoms with van der Waals surface area (Å²) in [7, 11) is 4.72. The Hall–Kier alpha value is -3.10. The molecular formula is C24H29N3O5. The highest BCUT2D eigenvalue weighted by atomic mass is 16.5. The minimum Gasteiger partial charge on any atom is -0.493 e. The number of rotatable bonds is 9. The molecule has 32 heavy (non-hydrogen) atoms. The van der Waals surface area contributed by atoms with Crippen LogP contribution in [0.25, 0.3) is 11.4 Å². The number of hydrogen-bond acceptors (Lipinski definition) is 8. The molecule has 1 aliphatic rings. The normalized spacial score (nSPS) is 16.7. The molecule has 0 unspecified atom stereocenters. The molecule has 0 amide bonds. The lowest BCUT2D eigenvalue weighted by Gasteiger charge is -2.31. The first kappa shape index (κ1) is 22.1. The van der Waals surface area contributed by atoms with Crippen LogP contribution < -0.4 is 14.2 Å². The van der Waals surface area contributed by atoms with Crippen LogP contribution >= 0.6 is 0 Å². The summed E-state index contributed by atoms with van der Waals surface area (Å²) >= 11 is 0. The Morgan fingerprint density at radius 3 is 2.56 bits per heavy atom. The van der Waals surface area contributed by atoms with Crippen molar-refractivity contribution in [2.75, 3.05) is 34.4 Å². The average Bonchev–Trinajstić information content (AvgIpc) is 3.30. The minimum absolute atomic E-state index is 0.192. The van der Waals surface area contributed by atoms with Gasteiger partial charge in [0, 0.05) is 6.54 Å². The number of benzene rings is 2. The quantitative estimate of drug-likeness (QED) is 0.496. The third-order valence-electron chi connectivity index (χ3n) is 5.56. The predicted octanol–water partition coefficient (Wildman–Crippen LogP) is 3.94. The molecule has 8 heteroatoms. The number of methoxy groups -OCH3 is 3. The van der Waals surface area contributed by atoms with Gasteiger partial charge in [0.15, 0.2) is 11.5 Å². The first-order valence-electron chi connectivity index (χ1n) is 10.7. The molecule has 0 aliphatic carbocycles. The van der Waals surface area contributed by atoms with E-state index in [4.69, 9.17) is 23.5 Å². The lowest BCUT2D eigenvalue weighted by atomic mass is 10.1. The standard InChI is InChI=1S/C24H29N3O5/c1-28-20-12-11-19(22(29-2)23(20)30-3)24-25-21(32-26-24)15-27-13-7-10-18(14-27)31-16-17-8-5-4-6-9-17/h4-6,8-9,11-12,18H,7,10,13-16H2,1-3H3/t18-/m1/s1. The Kier molecular flexibility index (Phi) is 7.24. The Morgan fingerprint density at radius 1 is 1.00 bits per heavy atom. The summed E-state index contributed by atoms with van der Waals surface area (Å²) in [6.45, 7) is 3.02. The Balaban J connectivity index is 1.41. The van der Waals surface area contributed by atoms with Crippen LogP contribution in [0.3, 0.4) is 0 Å². The van der Waals surface area contributed by atoms with Crippen LogP contribution in [0.1, 0.15) is 24.3 Å². The molecule has 0 N–H and O–H groups in total. The number of ether oxygens (including phenoxy) is 4. The average molecular weight is 440 g/mol. The molecule has 1 aliphatic heterocycles. The molecule has 1 atom stereocenters. The van der Waals surface area contributed by atoms with Crippen molar-refractivity contribution in [2.45, 2.75) is 32.1 Å². The molecule has 170 valence electrons. The first-order valence-corrected chi connectivity index (χ1v) is 10.7. The topological polar surface area (TPSA) is 79.1 Å². The number of hydrogen-bond donors (Lipinski definition) is 0. The molecule has 2 heterocycles. The van der Waals surface area contributed by atoms with Crippen LogP contribution in [0, 0.1) is 0 Å². The highest BCUT2D eigenvalue weighted by Crippen LogP contribution is 2.43. The highest BCUT2D eigenvalue weighted by molar-refractivity contribution is 5.71. The summed E-state index contributed by atoms with van der Waals surface area (Å²) in [5, 5.41) is 4.17. The third-order valence-corrected chi connectivity index (χ3v) is 5.56. The number of nitrogens with zero attached hydrogens (tertiary/aromatic N) is 3. The van der Waals surface area contributed by atoms with Crippen molar-refractivity contribution in [3.63, 3.8) is 0 Å². The Morgan fingerprint density at radius 2 is 1.81 bits per heavy atom. The van der Waals surface area contributed by atoms with Crippen molar-refractivity contribution in [3.8, 4) is 28.6 Å². The molecule has 4 rings (SSSR count). The fourth-order valence-corrected chi connectivity index (χ4v) is 3.98. The van der Waals surface area contributed by atoms with Crippen LogP contribution in [0.5, 0.6) is 17.2 Å². The van der Waals surface area contributed by atoms with E-state index in [9.17, 15) is 0 Å². The van der Waals surface area contributed by atoms with Crippen LogP contribution in [-0.4, -0.2) is 55.6 Å². The van der Waals surface area contributed by atoms with Gasteiger partial charge in [-0.05, 0) is 37.1 Å². The van der Waals surface area contributed by atoms with Crippen molar-refractivity contribution in [2.24, 2.45) is 0 Å². The van der Waals surface area contributed by atoms with Crippen molar-refractivity contribution >= 4 is 0 Å². The van der Waals surface area contributed by atoms with E-state index in [1.54, 1.807) is 27.4 Å². The third kappa shape index (κ3) is 5.03. The van der Waals surface area contributed by atoms with Gasteiger partial charge in [-0.1, -0.05) is 35.5 Å². The summed E-state index contributed by atoms with van der Waals surface area (Å²) in [6, 6.07) is 13.9. The van der Waals surface area contributed by atoms with Crippen LogP contribution in [0.4, 0.5) is 0 Å². The van der Waals surface area contributed by atoms with E-state index in [0.717, 1.165) is 25.9 Å². The van der Waals surface area contributed by atoms with Gasteiger partial charge in [0.05, 0.1) is 46.1 Å². The van der Waals surface area contributed by atoms with Gasteiger partial charge in [-0.3, -0.25) is 4.90 Å². The van der Waals surface area contributed by atoms with Gasteiger partial charge in [0.25, 0.3) is 0 Å². The molecule has 0 spiro atoms. The van der Waals surface area contributed by atoms with Crippen LogP contribution in [-0.2, 0) is 17.9 Å². The smallest absolute Gasteiger partial charge is 0.241 e. The maximum Gasteiger partial charge on any atom is 0.241 e. The van der Waals surface area contributed by atoms with Crippen LogP contribution in [0.15, 0.2) is 47.0 Å². The fourth-order valence-electron chi connectivity index (χ4n) is 3.98. The first-order chi connectivity index (χ1) is 15.7. The number of piperidine rings is 1. The molecule has 1 saturated heterocycles. The SMILES string of the molecule is COc1ccc(-c2noc(CN3CCC[C@@H](OCc4ccccc4)C3)n2)c(OC)c1OC. The lowest BCUT2D eigenvalue weighted by molar-refractivity contribution is -0.0141. The van der Waals surface area contributed by atoms with Crippen molar-refractivity contribution in [1.29, 1.82) is 0 Å². The molecule has 1 aromatic heterocycles. The second-order valence-corrected chi connectivity index (χ2v) is 7.69. The van der Waals surface area contributed by atoms with E-state index in [1.165, 1.54) is 5.56 Å². The van der Waals surface area contributed by atoms with Gasteiger partial charge in [-0.15, -0.1) is 0 Å². The summed E-state index contributed by atoms with van der Waals surface area (Å²) < 4.78 is 28.0. The number of likely N-dealkylation sites (tertiary alicyclic amines) is 1. The lowest BCUT2D eigenvalue weighted by Crippen LogP contribution is -2.39. The van der Waals surface area contributed by atoms with Gasteiger partial charge >= 0.3 is 0 Å². The molecule has 8 nitrogen and oxygen atoms in total. The molecule has 1 fully saturated rings. The molecular weight excluding hydrogens is 410 g/mol. The zero-order chi connectivity index (χ0) is 22.3. The molecule has 0 radical (unpaired) electrons. The van der Waals surface area contributed by atoms with E-state index in [0.29, 0.717) is 47.7 Å². The van der Waals surface area contributed by atoms with E-state index in [2.05, 4.69) is 27.2 Å². The second-order valence-electron chi connectivity index (χ2n) is 7.69. The maximum absolute atomic E-state index is 6.14. The highest BCUT2D eigenvalue weighted by Gasteiger charge is 2.24. The van der Waals surface area contributed by atoms with Crippen molar-refractivity contribution in [3.05, 3.63) is 53.9 Å². The van der Waals surface area contributed by atoms with Crippen LogP contribution in [0.2, 0.25) is 0 Å². The maximum atomic E-state index is 6.14. The van der Waals surface area contributed by atoms with Crippen molar-refractivity contribution in [1.82, 2.24) is 15.0 Å². The molecule has 3 aromatic rings. The summed E-state index contributed by atoms with van der Waals surface area (Å²) in [4.78, 5) is 6.89. The monoisotopic (exact) mass is 439 g/mol. The Bertz CT molecular complexity index is 1010. The largest absolute Gasteiger partial charge is 0.493 e. The van der Waals surface area contributed by atoms with Gasteiger partial charge in [0.2, 0.25) is 17.5 Å². The summed E-state index contributed by atoms with van der Waals surface area (Å²) in [6.07, 6.45) is 2.32. The zero-order valence-corrected chi connectivity index (χ0v) is 18.7. The molecule has 0 bridgehead atoms. The van der Waals surface area contributed by atoms with Gasteiger partial charge in [-0.2, -0.15) is 4.98 Å². The Labute approximate surface area is 188 Å². The van der Waals surface area contributed by atoms with Gasteiger partial charge in [0.1, 0.15) is 0 Å². The summed E-state index contributed by atoms with van der Waals surface area (Å²) in [5.41, 5.74) is 1.87. The van der Waals surface area contributed by atoms with E-state index in [1.807, 2.05) is 24.3 Å². The van der Waals surface area contributed by atoms with E-state index in [-0.39, 0.29) is 6.10 Å². The zero-order valence-electron chi connectivity index (χ0n) is 18.7. The second kappa shape index (κ2) is 10.5. The number of aromatic nitrogens is 2. The van der Waals surface area contributed by atoms with E-state index < -0.39 is 0 Å². The predicted molar refractivity (Wildman–Crippen MR) is 119 cm³/mol. The molecule has 2 aromatic carbocycles. The fraction of sp³-hybridized carbons (Fsp3) is 0.417. The van der Waals surface area contributed by atoms with Gasteiger partial charge in [-0.25, -0.2) is 0 Å². The van der Waals surface area contributed by atoms with Gasteiger partial charge < -0.3 is 23.5 Å². The summed E-state index contributed by atoms with van der Waals surface area (Å²) in [5.74, 6) is 2.58. The molecule has 0 saturated carbocycles. The minimum atomic E-state index is 0.192.